The number of hydrogen-bond donors (Lipinski definition) is 2. The fourth-order valence-corrected chi connectivity index (χ4v) is 2.95. The second kappa shape index (κ2) is 7.79. The summed E-state index contributed by atoms with van der Waals surface area (Å²) in [5.74, 6) is -0.581. The molecule has 0 saturated carbocycles. The summed E-state index contributed by atoms with van der Waals surface area (Å²) in [5.41, 5.74) is 6.52. The summed E-state index contributed by atoms with van der Waals surface area (Å²) in [5, 5.41) is 2.96. The van der Waals surface area contributed by atoms with Gasteiger partial charge in [0.1, 0.15) is 5.82 Å². The van der Waals surface area contributed by atoms with Crippen molar-refractivity contribution in [1.29, 1.82) is 0 Å². The van der Waals surface area contributed by atoms with Gasteiger partial charge in [-0.3, -0.25) is 9.69 Å². The first-order valence-corrected chi connectivity index (χ1v) is 7.84. The van der Waals surface area contributed by atoms with E-state index in [1.165, 1.54) is 18.2 Å². The second-order valence-corrected chi connectivity index (χ2v) is 7.05. The summed E-state index contributed by atoms with van der Waals surface area (Å²) >= 11 is 5.94. The molecular formula is C16H24Cl2FN3O. The normalized spacial score (nSPS) is 22.1. The van der Waals surface area contributed by atoms with Crippen LogP contribution in [0.2, 0.25) is 5.02 Å². The second-order valence-electron chi connectivity index (χ2n) is 6.64. The molecule has 3 N–H and O–H groups in total. The van der Waals surface area contributed by atoms with Gasteiger partial charge in [0.05, 0.1) is 16.8 Å². The first-order chi connectivity index (χ1) is 10.2. The molecule has 1 saturated heterocycles. The molecule has 0 radical (unpaired) electrons. The highest BCUT2D eigenvalue weighted by Gasteiger charge is 2.36. The van der Waals surface area contributed by atoms with Crippen LogP contribution >= 0.6 is 24.0 Å². The van der Waals surface area contributed by atoms with Gasteiger partial charge in [-0.25, -0.2) is 4.39 Å². The molecular weight excluding hydrogens is 340 g/mol. The predicted molar refractivity (Wildman–Crippen MR) is 94.7 cm³/mol. The Balaban J connectivity index is 0.00000264. The van der Waals surface area contributed by atoms with Gasteiger partial charge in [-0.2, -0.15) is 0 Å². The fraction of sp³-hybridized carbons (Fsp3) is 0.562. The minimum Gasteiger partial charge on any atom is -0.327 e. The van der Waals surface area contributed by atoms with Crippen molar-refractivity contribution in [3.8, 4) is 0 Å². The van der Waals surface area contributed by atoms with Gasteiger partial charge in [-0.05, 0) is 37.0 Å². The van der Waals surface area contributed by atoms with E-state index in [4.69, 9.17) is 17.3 Å². The molecule has 1 aliphatic heterocycles. The maximum atomic E-state index is 13.0. The van der Waals surface area contributed by atoms with Gasteiger partial charge in [-0.1, -0.05) is 25.4 Å². The third-order valence-corrected chi connectivity index (χ3v) is 4.77. The third kappa shape index (κ3) is 4.80. The molecule has 0 aromatic heterocycles. The first-order valence-electron chi connectivity index (χ1n) is 7.46. The van der Waals surface area contributed by atoms with E-state index in [1.807, 2.05) is 6.92 Å². The Morgan fingerprint density at radius 3 is 2.74 bits per heavy atom. The molecule has 4 nitrogen and oxygen atoms in total. The van der Waals surface area contributed by atoms with Gasteiger partial charge in [0.15, 0.2) is 0 Å². The molecule has 2 unspecified atom stereocenters. The van der Waals surface area contributed by atoms with Crippen molar-refractivity contribution in [2.24, 2.45) is 11.1 Å². The van der Waals surface area contributed by atoms with E-state index in [0.717, 1.165) is 19.5 Å². The number of amides is 1. The number of benzene rings is 1. The van der Waals surface area contributed by atoms with Crippen LogP contribution in [0.15, 0.2) is 18.2 Å². The van der Waals surface area contributed by atoms with Gasteiger partial charge >= 0.3 is 0 Å². The smallest absolute Gasteiger partial charge is 0.241 e. The summed E-state index contributed by atoms with van der Waals surface area (Å²) in [6, 6.07) is 3.77. The lowest BCUT2D eigenvalue weighted by molar-refractivity contribution is -0.122. The van der Waals surface area contributed by atoms with Crippen molar-refractivity contribution in [3.05, 3.63) is 29.0 Å². The third-order valence-electron chi connectivity index (χ3n) is 4.46. The van der Waals surface area contributed by atoms with Crippen molar-refractivity contribution in [2.45, 2.75) is 39.3 Å². The first kappa shape index (κ1) is 20.2. The van der Waals surface area contributed by atoms with Crippen LogP contribution in [0.1, 0.15) is 27.2 Å². The van der Waals surface area contributed by atoms with Crippen LogP contribution in [0, 0.1) is 11.2 Å². The Morgan fingerprint density at radius 1 is 1.52 bits per heavy atom. The molecule has 23 heavy (non-hydrogen) atoms. The van der Waals surface area contributed by atoms with Gasteiger partial charge in [0.2, 0.25) is 5.91 Å². The lowest BCUT2D eigenvalue weighted by atomic mass is 9.79. The number of likely N-dealkylation sites (tertiary alicyclic amines) is 1. The standard InChI is InChI=1S/C16H23ClFN3O.ClH/c1-10(21-7-6-14(19)16(2,3)9-21)15(22)20-13-5-4-11(18)8-12(13)17;/h4-5,8,10,14H,6-7,9,19H2,1-3H3,(H,20,22);1H. The fourth-order valence-electron chi connectivity index (χ4n) is 2.74. The zero-order valence-corrected chi connectivity index (χ0v) is 15.2. The molecule has 1 aromatic rings. The highest BCUT2D eigenvalue weighted by atomic mass is 35.5. The van der Waals surface area contributed by atoms with Gasteiger partial charge < -0.3 is 11.1 Å². The van der Waals surface area contributed by atoms with Crippen molar-refractivity contribution >= 4 is 35.6 Å². The SMILES string of the molecule is CC(C(=O)Nc1ccc(F)cc1Cl)N1CCC(N)C(C)(C)C1.Cl. The van der Waals surface area contributed by atoms with E-state index < -0.39 is 5.82 Å². The summed E-state index contributed by atoms with van der Waals surface area (Å²) in [6.45, 7) is 7.65. The number of halogens is 3. The van der Waals surface area contributed by atoms with Crippen LogP contribution in [0.5, 0.6) is 0 Å². The van der Waals surface area contributed by atoms with E-state index in [0.29, 0.717) is 5.69 Å². The molecule has 1 aliphatic rings. The average Bonchev–Trinajstić information content (AvgIpc) is 2.44. The Bertz CT molecular complexity index is 568. The van der Waals surface area contributed by atoms with Crippen molar-refractivity contribution in [1.82, 2.24) is 4.90 Å². The number of carbonyl (C=O) groups is 1. The molecule has 130 valence electrons. The number of hydrogen-bond acceptors (Lipinski definition) is 3. The molecule has 1 amide bonds. The minimum absolute atomic E-state index is 0. The Hall–Kier alpha value is -0.880. The van der Waals surface area contributed by atoms with Crippen molar-refractivity contribution in [3.63, 3.8) is 0 Å². The highest BCUT2D eigenvalue weighted by molar-refractivity contribution is 6.33. The highest BCUT2D eigenvalue weighted by Crippen LogP contribution is 2.29. The maximum absolute atomic E-state index is 13.0. The molecule has 7 heteroatoms. The monoisotopic (exact) mass is 363 g/mol. The van der Waals surface area contributed by atoms with Gasteiger partial charge in [0, 0.05) is 19.1 Å². The zero-order valence-electron chi connectivity index (χ0n) is 13.6. The van der Waals surface area contributed by atoms with E-state index in [2.05, 4.69) is 24.1 Å². The van der Waals surface area contributed by atoms with Crippen LogP contribution < -0.4 is 11.1 Å². The van der Waals surface area contributed by atoms with E-state index in [9.17, 15) is 9.18 Å². The molecule has 1 aromatic carbocycles. The van der Waals surface area contributed by atoms with Crippen LogP contribution in [-0.2, 0) is 4.79 Å². The van der Waals surface area contributed by atoms with Gasteiger partial charge in [0.25, 0.3) is 0 Å². The lowest BCUT2D eigenvalue weighted by Gasteiger charge is -2.44. The Labute approximate surface area is 148 Å². The number of rotatable bonds is 3. The van der Waals surface area contributed by atoms with Crippen LogP contribution in [0.4, 0.5) is 10.1 Å². The quantitative estimate of drug-likeness (QED) is 0.865. The number of carbonyl (C=O) groups excluding carboxylic acids is 1. The minimum atomic E-state index is -0.428. The maximum Gasteiger partial charge on any atom is 0.241 e. The summed E-state index contributed by atoms with van der Waals surface area (Å²) < 4.78 is 13.0. The molecule has 2 rings (SSSR count). The summed E-state index contributed by atoms with van der Waals surface area (Å²) in [6.07, 6.45) is 0.863. The summed E-state index contributed by atoms with van der Waals surface area (Å²) in [7, 11) is 0. The summed E-state index contributed by atoms with van der Waals surface area (Å²) in [4.78, 5) is 14.5. The van der Waals surface area contributed by atoms with Crippen molar-refractivity contribution in [2.75, 3.05) is 18.4 Å². The topological polar surface area (TPSA) is 58.4 Å². The molecule has 2 atom stereocenters. The van der Waals surface area contributed by atoms with Crippen LogP contribution in [0.3, 0.4) is 0 Å². The van der Waals surface area contributed by atoms with E-state index in [1.54, 1.807) is 0 Å². The largest absolute Gasteiger partial charge is 0.327 e. The lowest BCUT2D eigenvalue weighted by Crippen LogP contribution is -2.56. The number of nitrogens with zero attached hydrogens (tertiary/aromatic N) is 1. The molecule has 0 spiro atoms. The predicted octanol–water partition coefficient (Wildman–Crippen LogP) is 3.29. The molecule has 1 fully saturated rings. The number of nitrogens with one attached hydrogen (secondary N) is 1. The number of piperidine rings is 1. The molecule has 0 bridgehead atoms. The van der Waals surface area contributed by atoms with Crippen molar-refractivity contribution < 1.29 is 9.18 Å². The van der Waals surface area contributed by atoms with E-state index in [-0.39, 0.29) is 40.8 Å². The Morgan fingerprint density at radius 2 is 2.17 bits per heavy atom. The number of nitrogens with two attached hydrogens (primary N) is 1. The van der Waals surface area contributed by atoms with Gasteiger partial charge in [-0.15, -0.1) is 12.4 Å². The molecule has 1 heterocycles. The number of anilines is 1. The zero-order chi connectivity index (χ0) is 16.5. The van der Waals surface area contributed by atoms with E-state index >= 15 is 0 Å². The molecule has 0 aliphatic carbocycles. The van der Waals surface area contributed by atoms with Crippen LogP contribution in [-0.4, -0.2) is 36.0 Å². The average molecular weight is 364 g/mol. The van der Waals surface area contributed by atoms with Crippen LogP contribution in [0.25, 0.3) is 0 Å². The Kier molecular flexibility index (Phi) is 6.83.